The lowest BCUT2D eigenvalue weighted by Crippen LogP contribution is -2.19. The summed E-state index contributed by atoms with van der Waals surface area (Å²) in [5.74, 6) is 0. The number of rotatable bonds is 12. The second-order valence-electron chi connectivity index (χ2n) is 4.04. The minimum atomic E-state index is -3.82. The van der Waals surface area contributed by atoms with E-state index in [1.807, 2.05) is 0 Å². The van der Waals surface area contributed by atoms with Gasteiger partial charge in [-0.3, -0.25) is 27.5 Å². The largest absolute Gasteiger partial charge is 0.474 e. The quantitative estimate of drug-likeness (QED) is 0.387. The Balaban J connectivity index is 4.47. The summed E-state index contributed by atoms with van der Waals surface area (Å²) in [4.78, 5) is 10.6. The Kier molecular flexibility index (Phi) is 9.76. The Morgan fingerprint density at radius 2 is 1.52 bits per heavy atom. The van der Waals surface area contributed by atoms with Gasteiger partial charge in [-0.2, -0.15) is 0 Å². The number of hydrogen-bond acceptors (Lipinski definition) is 9. The molecule has 0 amide bonds. The van der Waals surface area contributed by atoms with Crippen LogP contribution in [0.2, 0.25) is 0 Å². The normalized spacial score (nSPS) is 20.2. The van der Waals surface area contributed by atoms with Gasteiger partial charge in [-0.1, -0.05) is 0 Å². The summed E-state index contributed by atoms with van der Waals surface area (Å²) in [5, 5.41) is 0. The molecular weight excluding hydrogens is 326 g/mol. The van der Waals surface area contributed by atoms with E-state index in [1.165, 1.54) is 14.0 Å². The third-order valence-electron chi connectivity index (χ3n) is 2.11. The van der Waals surface area contributed by atoms with Crippen LogP contribution in [0, 0.1) is 0 Å². The smallest absolute Gasteiger partial charge is 0.382 e. The highest BCUT2D eigenvalue weighted by molar-refractivity contribution is 7.69. The predicted molar refractivity (Wildman–Crippen MR) is 74.9 cm³/mol. The van der Waals surface area contributed by atoms with Gasteiger partial charge in [0.1, 0.15) is 0 Å². The molecule has 0 aliphatic rings. The van der Waals surface area contributed by atoms with E-state index in [0.29, 0.717) is 0 Å². The summed E-state index contributed by atoms with van der Waals surface area (Å²) in [6, 6.07) is 0.0799. The molecule has 0 saturated heterocycles. The molecule has 0 aromatic rings. The number of phosphoric acid groups is 1. The van der Waals surface area contributed by atoms with Crippen molar-refractivity contribution in [3.8, 4) is 0 Å². The zero-order valence-corrected chi connectivity index (χ0v) is 14.5. The molecule has 4 atom stereocenters. The molecular formula is C10H22O9P2. The van der Waals surface area contributed by atoms with Crippen molar-refractivity contribution in [1.82, 2.24) is 0 Å². The van der Waals surface area contributed by atoms with Crippen LogP contribution in [0.15, 0.2) is 0 Å². The topological polar surface area (TPSA) is 107 Å². The number of carbonyl (C=O) groups excluding carboxylic acids is 1. The third kappa shape index (κ3) is 8.18. The fourth-order valence-electron chi connectivity index (χ4n) is 1.20. The molecule has 0 bridgehead atoms. The van der Waals surface area contributed by atoms with Gasteiger partial charge in [0.25, 0.3) is 0 Å². The van der Waals surface area contributed by atoms with E-state index >= 15 is 0 Å². The molecule has 0 heterocycles. The molecule has 0 radical (unpaired) electrons. The third-order valence-corrected chi connectivity index (χ3v) is 5.06. The van der Waals surface area contributed by atoms with Crippen LogP contribution >= 0.6 is 15.4 Å². The van der Waals surface area contributed by atoms with Crippen molar-refractivity contribution in [2.75, 3.05) is 34.5 Å². The van der Waals surface area contributed by atoms with E-state index < -0.39 is 27.6 Å². The van der Waals surface area contributed by atoms with Gasteiger partial charge >= 0.3 is 15.4 Å². The van der Waals surface area contributed by atoms with Crippen LogP contribution in [0.3, 0.4) is 0 Å². The maximum absolute atomic E-state index is 12.1. The second kappa shape index (κ2) is 9.82. The van der Waals surface area contributed by atoms with Gasteiger partial charge in [0, 0.05) is 21.3 Å². The Bertz CT molecular complexity index is 400. The lowest BCUT2D eigenvalue weighted by molar-refractivity contribution is 0.0354. The van der Waals surface area contributed by atoms with E-state index in [2.05, 4.69) is 4.52 Å². The minimum Gasteiger partial charge on any atom is -0.382 e. The summed E-state index contributed by atoms with van der Waals surface area (Å²) < 4.78 is 52.8. The average molecular weight is 348 g/mol. The number of hydrogen-bond donors (Lipinski definition) is 0. The summed E-state index contributed by atoms with van der Waals surface area (Å²) >= 11 is 0. The molecule has 126 valence electrons. The summed E-state index contributed by atoms with van der Waals surface area (Å²) in [6.07, 6.45) is -1.34. The Morgan fingerprint density at radius 3 is 1.95 bits per heavy atom. The molecule has 0 aromatic heterocycles. The van der Waals surface area contributed by atoms with Crippen LogP contribution in [0.1, 0.15) is 13.8 Å². The molecule has 0 saturated carbocycles. The van der Waals surface area contributed by atoms with Crippen molar-refractivity contribution in [3.63, 3.8) is 0 Å². The first-order valence-corrected chi connectivity index (χ1v) is 9.09. The van der Waals surface area contributed by atoms with Gasteiger partial charge in [0.15, 0.2) is 0 Å². The molecule has 9 nitrogen and oxygen atoms in total. The summed E-state index contributed by atoms with van der Waals surface area (Å²) in [5.41, 5.74) is 0. The lowest BCUT2D eigenvalue weighted by Gasteiger charge is -2.22. The van der Waals surface area contributed by atoms with Crippen LogP contribution in [0.5, 0.6) is 0 Å². The highest BCUT2D eigenvalue weighted by Gasteiger charge is 2.31. The first-order chi connectivity index (χ1) is 9.74. The van der Waals surface area contributed by atoms with E-state index in [1.54, 1.807) is 6.92 Å². The fraction of sp³-hybridized carbons (Fsp3) is 0.900. The van der Waals surface area contributed by atoms with Crippen LogP contribution in [0.4, 0.5) is 0 Å². The minimum absolute atomic E-state index is 0.0799. The van der Waals surface area contributed by atoms with E-state index in [9.17, 15) is 13.9 Å². The van der Waals surface area contributed by atoms with Crippen LogP contribution in [0.25, 0.3) is 0 Å². The number of ether oxygens (including phenoxy) is 1. The van der Waals surface area contributed by atoms with Crippen LogP contribution in [-0.4, -0.2) is 52.8 Å². The van der Waals surface area contributed by atoms with Gasteiger partial charge in [-0.15, -0.1) is 0 Å². The molecule has 0 spiro atoms. The Morgan fingerprint density at radius 1 is 0.952 bits per heavy atom. The Labute approximate surface area is 124 Å². The first kappa shape index (κ1) is 20.9. The summed E-state index contributed by atoms with van der Waals surface area (Å²) in [7, 11) is -3.90. The summed E-state index contributed by atoms with van der Waals surface area (Å²) in [6.45, 7) is 3.02. The number of carbonyl (C=O) groups is 1. The van der Waals surface area contributed by atoms with E-state index in [4.69, 9.17) is 22.8 Å². The molecule has 4 unspecified atom stereocenters. The predicted octanol–water partition coefficient (Wildman–Crippen LogP) is 2.24. The standard InChI is InChI=1S/C10H22O9P2/c1-9(6-14-3)19-21(13,16-5)17-7-10(2)18-20(12,8-11)15-4/h8-10H,6-7H2,1-5H3. The molecule has 0 aliphatic heterocycles. The fourth-order valence-corrected chi connectivity index (χ4v) is 3.13. The van der Waals surface area contributed by atoms with Gasteiger partial charge < -0.3 is 9.26 Å². The zero-order chi connectivity index (χ0) is 16.5. The van der Waals surface area contributed by atoms with Crippen molar-refractivity contribution in [1.29, 1.82) is 0 Å². The highest BCUT2D eigenvalue weighted by Crippen LogP contribution is 2.51. The SMILES string of the molecule is COCC(C)OP(=O)(OC)OCC(C)OP(=O)(C=O)OC. The molecule has 11 heteroatoms. The average Bonchev–Trinajstić information content (AvgIpc) is 2.45. The number of methoxy groups -OCH3 is 1. The molecule has 21 heavy (non-hydrogen) atoms. The van der Waals surface area contributed by atoms with E-state index in [0.717, 1.165) is 14.2 Å². The van der Waals surface area contributed by atoms with Crippen molar-refractivity contribution in [2.24, 2.45) is 0 Å². The first-order valence-electron chi connectivity index (χ1n) is 6.02. The van der Waals surface area contributed by atoms with Crippen molar-refractivity contribution < 1.29 is 41.3 Å². The van der Waals surface area contributed by atoms with Gasteiger partial charge in [-0.25, -0.2) is 4.57 Å². The van der Waals surface area contributed by atoms with Gasteiger partial charge in [-0.05, 0) is 13.8 Å². The lowest BCUT2D eigenvalue weighted by atomic mass is 10.5. The molecule has 0 aromatic carbocycles. The molecule has 0 N–H and O–H groups in total. The van der Waals surface area contributed by atoms with E-state index in [-0.39, 0.29) is 19.2 Å². The Hall–Kier alpha value is -0.110. The van der Waals surface area contributed by atoms with Crippen molar-refractivity contribution in [2.45, 2.75) is 26.1 Å². The maximum atomic E-state index is 12.1. The molecule has 0 aliphatic carbocycles. The molecule has 0 rings (SSSR count). The zero-order valence-electron chi connectivity index (χ0n) is 12.7. The van der Waals surface area contributed by atoms with Gasteiger partial charge in [0.05, 0.1) is 25.4 Å². The monoisotopic (exact) mass is 348 g/mol. The van der Waals surface area contributed by atoms with Crippen molar-refractivity contribution in [3.05, 3.63) is 0 Å². The van der Waals surface area contributed by atoms with Gasteiger partial charge in [0.2, 0.25) is 6.03 Å². The van der Waals surface area contributed by atoms with Crippen molar-refractivity contribution >= 4 is 21.4 Å². The maximum Gasteiger partial charge on any atom is 0.474 e. The second-order valence-corrected chi connectivity index (χ2v) is 7.64. The highest BCUT2D eigenvalue weighted by atomic mass is 31.2. The van der Waals surface area contributed by atoms with Crippen LogP contribution in [-0.2, 0) is 41.3 Å². The number of phosphoric ester groups is 1. The van der Waals surface area contributed by atoms with Crippen LogP contribution < -0.4 is 0 Å². The molecule has 0 fully saturated rings.